The molecule has 0 spiro atoms. The van der Waals surface area contributed by atoms with Crippen LogP contribution >= 0.6 is 0 Å². The summed E-state index contributed by atoms with van der Waals surface area (Å²) in [5, 5.41) is 0. The molecule has 2 atom stereocenters. The number of hydrogen-bond donors (Lipinski definition) is 0. The van der Waals surface area contributed by atoms with Gasteiger partial charge in [0.05, 0.1) is 0 Å². The van der Waals surface area contributed by atoms with Crippen molar-refractivity contribution in [3.63, 3.8) is 0 Å². The van der Waals surface area contributed by atoms with Crippen molar-refractivity contribution in [2.24, 2.45) is 0 Å². The van der Waals surface area contributed by atoms with E-state index in [4.69, 9.17) is 0 Å². The number of piperidine rings is 1. The number of carbonyl (C=O) groups excluding carboxylic acids is 2. The molecule has 108 valence electrons. The van der Waals surface area contributed by atoms with Crippen molar-refractivity contribution in [3.8, 4) is 0 Å². The van der Waals surface area contributed by atoms with Crippen LogP contribution < -0.4 is 0 Å². The number of pyridine rings is 1. The summed E-state index contributed by atoms with van der Waals surface area (Å²) in [5.74, 6) is 0.0886. The number of rotatable bonds is 4. The smallest absolute Gasteiger partial charge is 0.223 e. The van der Waals surface area contributed by atoms with Crippen LogP contribution in [0.15, 0.2) is 24.5 Å². The predicted octanol–water partition coefficient (Wildman–Crippen LogP) is 2.83. The molecule has 0 bridgehead atoms. The molecule has 1 aromatic rings. The van der Waals surface area contributed by atoms with Crippen molar-refractivity contribution in [2.75, 3.05) is 0 Å². The van der Waals surface area contributed by atoms with Crippen LogP contribution in [0.5, 0.6) is 0 Å². The van der Waals surface area contributed by atoms with Gasteiger partial charge >= 0.3 is 0 Å². The maximum absolute atomic E-state index is 12.3. The average molecular weight is 274 g/mol. The molecule has 1 saturated heterocycles. The molecule has 0 radical (unpaired) electrons. The van der Waals surface area contributed by atoms with Crippen molar-refractivity contribution in [3.05, 3.63) is 30.1 Å². The second-order valence-corrected chi connectivity index (χ2v) is 5.59. The summed E-state index contributed by atoms with van der Waals surface area (Å²) in [4.78, 5) is 30.2. The third kappa shape index (κ3) is 3.44. The molecule has 0 saturated carbocycles. The fourth-order valence-electron chi connectivity index (χ4n) is 2.93. The molecule has 2 heterocycles. The van der Waals surface area contributed by atoms with Gasteiger partial charge in [-0.2, -0.15) is 0 Å². The Morgan fingerprint density at radius 1 is 1.25 bits per heavy atom. The quantitative estimate of drug-likeness (QED) is 0.793. The maximum atomic E-state index is 12.3. The van der Waals surface area contributed by atoms with Gasteiger partial charge in [-0.1, -0.05) is 0 Å². The van der Waals surface area contributed by atoms with Crippen LogP contribution in [-0.2, 0) is 4.79 Å². The summed E-state index contributed by atoms with van der Waals surface area (Å²) in [7, 11) is 0. The first-order valence-electron chi connectivity index (χ1n) is 7.34. The fraction of sp³-hybridized carbons (Fsp3) is 0.562. The standard InChI is InChI=1S/C16H22N2O2/c1-12-5-3-6-13(2)18(12)16(20)9-8-15(19)14-7-4-10-17-11-14/h4,7,10-13H,3,5-6,8-9H2,1-2H3. The second-order valence-electron chi connectivity index (χ2n) is 5.59. The van der Waals surface area contributed by atoms with E-state index >= 15 is 0 Å². The highest BCUT2D eigenvalue weighted by atomic mass is 16.2. The lowest BCUT2D eigenvalue weighted by Gasteiger charge is -2.39. The molecule has 20 heavy (non-hydrogen) atoms. The molecular formula is C16H22N2O2. The summed E-state index contributed by atoms with van der Waals surface area (Å²) in [6.07, 6.45) is 7.06. The van der Waals surface area contributed by atoms with E-state index in [2.05, 4.69) is 18.8 Å². The first-order valence-corrected chi connectivity index (χ1v) is 7.34. The average Bonchev–Trinajstić information content (AvgIpc) is 2.45. The summed E-state index contributed by atoms with van der Waals surface area (Å²) < 4.78 is 0. The first kappa shape index (κ1) is 14.7. The number of Topliss-reactive ketones (excluding diaryl/α,β-unsaturated/α-hetero) is 1. The molecule has 0 aliphatic carbocycles. The van der Waals surface area contributed by atoms with Crippen molar-refractivity contribution in [1.82, 2.24) is 9.88 Å². The second kappa shape index (κ2) is 6.64. The molecule has 1 amide bonds. The lowest BCUT2D eigenvalue weighted by atomic mass is 9.96. The van der Waals surface area contributed by atoms with Crippen LogP contribution in [0.4, 0.5) is 0 Å². The molecule has 2 unspecified atom stereocenters. The number of amides is 1. The fourth-order valence-corrected chi connectivity index (χ4v) is 2.93. The largest absolute Gasteiger partial charge is 0.337 e. The van der Waals surface area contributed by atoms with Crippen LogP contribution in [0.25, 0.3) is 0 Å². The molecule has 1 aliphatic heterocycles. The Hall–Kier alpha value is -1.71. The Morgan fingerprint density at radius 2 is 1.95 bits per heavy atom. The Bertz CT molecular complexity index is 463. The van der Waals surface area contributed by atoms with Crippen molar-refractivity contribution in [1.29, 1.82) is 0 Å². The van der Waals surface area contributed by atoms with Gasteiger partial charge in [0.15, 0.2) is 5.78 Å². The Balaban J connectivity index is 1.90. The maximum Gasteiger partial charge on any atom is 0.223 e. The van der Waals surface area contributed by atoms with E-state index in [0.29, 0.717) is 24.1 Å². The number of likely N-dealkylation sites (tertiary alicyclic amines) is 1. The van der Waals surface area contributed by atoms with E-state index < -0.39 is 0 Å². The highest BCUT2D eigenvalue weighted by Gasteiger charge is 2.28. The summed E-state index contributed by atoms with van der Waals surface area (Å²) in [6, 6.07) is 4.06. The highest BCUT2D eigenvalue weighted by Crippen LogP contribution is 2.23. The number of carbonyl (C=O) groups is 2. The van der Waals surface area contributed by atoms with Gasteiger partial charge in [0.2, 0.25) is 5.91 Å². The summed E-state index contributed by atoms with van der Waals surface area (Å²) >= 11 is 0. The van der Waals surface area contributed by atoms with Crippen LogP contribution in [0.3, 0.4) is 0 Å². The minimum atomic E-state index is -0.0104. The number of aromatic nitrogens is 1. The monoisotopic (exact) mass is 274 g/mol. The molecule has 4 nitrogen and oxygen atoms in total. The van der Waals surface area contributed by atoms with E-state index in [1.54, 1.807) is 24.5 Å². The van der Waals surface area contributed by atoms with Gasteiger partial charge < -0.3 is 4.90 Å². The molecular weight excluding hydrogens is 252 g/mol. The third-order valence-electron chi connectivity index (χ3n) is 4.03. The zero-order valence-corrected chi connectivity index (χ0v) is 12.2. The van der Waals surface area contributed by atoms with Crippen molar-refractivity contribution in [2.45, 2.75) is 58.0 Å². The number of ketones is 1. The van der Waals surface area contributed by atoms with E-state index in [-0.39, 0.29) is 18.1 Å². The Labute approximate surface area is 120 Å². The molecule has 1 aromatic heterocycles. The zero-order valence-electron chi connectivity index (χ0n) is 12.2. The van der Waals surface area contributed by atoms with Crippen LogP contribution in [0, 0.1) is 0 Å². The summed E-state index contributed by atoms with van der Waals surface area (Å²) in [6.45, 7) is 4.19. The van der Waals surface area contributed by atoms with E-state index in [0.717, 1.165) is 12.8 Å². The van der Waals surface area contributed by atoms with Crippen LogP contribution in [0.1, 0.15) is 56.3 Å². The zero-order chi connectivity index (χ0) is 14.5. The highest BCUT2D eigenvalue weighted by molar-refractivity contribution is 5.97. The first-order chi connectivity index (χ1) is 9.59. The minimum Gasteiger partial charge on any atom is -0.337 e. The molecule has 0 N–H and O–H groups in total. The number of nitrogens with zero attached hydrogens (tertiary/aromatic N) is 2. The summed E-state index contributed by atoms with van der Waals surface area (Å²) in [5.41, 5.74) is 0.583. The topological polar surface area (TPSA) is 50.3 Å². The van der Waals surface area contributed by atoms with Gasteiger partial charge in [0, 0.05) is 42.9 Å². The normalized spacial score (nSPS) is 22.6. The van der Waals surface area contributed by atoms with Crippen LogP contribution in [-0.4, -0.2) is 33.7 Å². The third-order valence-corrected chi connectivity index (χ3v) is 4.03. The van der Waals surface area contributed by atoms with Crippen LogP contribution in [0.2, 0.25) is 0 Å². The molecule has 1 fully saturated rings. The van der Waals surface area contributed by atoms with Gasteiger partial charge in [-0.15, -0.1) is 0 Å². The van der Waals surface area contributed by atoms with E-state index in [9.17, 15) is 9.59 Å². The predicted molar refractivity (Wildman–Crippen MR) is 77.4 cm³/mol. The minimum absolute atomic E-state index is 0.0104. The van der Waals surface area contributed by atoms with Gasteiger partial charge in [-0.3, -0.25) is 14.6 Å². The SMILES string of the molecule is CC1CCCC(C)N1C(=O)CCC(=O)c1cccnc1. The number of hydrogen-bond acceptors (Lipinski definition) is 3. The van der Waals surface area contributed by atoms with E-state index in [1.165, 1.54) is 6.42 Å². The van der Waals surface area contributed by atoms with Gasteiger partial charge in [0.25, 0.3) is 0 Å². The van der Waals surface area contributed by atoms with Gasteiger partial charge in [-0.25, -0.2) is 0 Å². The van der Waals surface area contributed by atoms with E-state index in [1.807, 2.05) is 4.90 Å². The van der Waals surface area contributed by atoms with Gasteiger partial charge in [0.1, 0.15) is 0 Å². The molecule has 2 rings (SSSR count). The molecule has 4 heteroatoms. The molecule has 0 aromatic carbocycles. The molecule has 1 aliphatic rings. The lowest BCUT2D eigenvalue weighted by molar-refractivity contribution is -0.137. The Morgan fingerprint density at radius 3 is 2.55 bits per heavy atom. The van der Waals surface area contributed by atoms with Crippen molar-refractivity contribution >= 4 is 11.7 Å². The van der Waals surface area contributed by atoms with Crippen molar-refractivity contribution < 1.29 is 9.59 Å². The lowest BCUT2D eigenvalue weighted by Crippen LogP contribution is -2.47. The van der Waals surface area contributed by atoms with Gasteiger partial charge in [-0.05, 0) is 45.2 Å². The Kier molecular flexibility index (Phi) is 4.88.